The highest BCUT2D eigenvalue weighted by molar-refractivity contribution is 6.03. The Morgan fingerprint density at radius 2 is 1.90 bits per heavy atom. The molecule has 0 saturated carbocycles. The molecule has 30 heavy (non-hydrogen) atoms. The van der Waals surface area contributed by atoms with Gasteiger partial charge in [-0.05, 0) is 44.9 Å². The number of benzene rings is 1. The summed E-state index contributed by atoms with van der Waals surface area (Å²) in [6.45, 7) is 1.60. The minimum atomic E-state index is -0.538. The third kappa shape index (κ3) is 3.52. The highest BCUT2D eigenvalue weighted by Gasteiger charge is 2.41. The lowest BCUT2D eigenvalue weighted by Crippen LogP contribution is -2.60. The van der Waals surface area contributed by atoms with E-state index in [1.165, 1.54) is 19.3 Å². The van der Waals surface area contributed by atoms with Gasteiger partial charge in [0.15, 0.2) is 5.58 Å². The SMILES string of the molecule is CN1C2CCCC1CC(N1CCN(c3nc4c(C(N)=O)cccc4o3)CC1=O)C2.Cl. The Bertz CT molecular complexity index is 949. The van der Waals surface area contributed by atoms with Crippen molar-refractivity contribution in [1.29, 1.82) is 0 Å². The molecule has 9 heteroatoms. The maximum absolute atomic E-state index is 13.0. The van der Waals surface area contributed by atoms with E-state index in [1.807, 2.05) is 4.90 Å². The molecule has 3 fully saturated rings. The summed E-state index contributed by atoms with van der Waals surface area (Å²) in [7, 11) is 2.23. The fourth-order valence-corrected chi connectivity index (χ4v) is 5.35. The summed E-state index contributed by atoms with van der Waals surface area (Å²) in [5, 5.41) is 0. The van der Waals surface area contributed by atoms with Crippen LogP contribution < -0.4 is 10.6 Å². The molecule has 4 heterocycles. The number of nitrogens with zero attached hydrogens (tertiary/aromatic N) is 4. The highest BCUT2D eigenvalue weighted by atomic mass is 35.5. The van der Waals surface area contributed by atoms with Crippen LogP contribution in [0.3, 0.4) is 0 Å². The normalized spacial score (nSPS) is 27.2. The molecule has 8 nitrogen and oxygen atoms in total. The Balaban J connectivity index is 0.00000218. The van der Waals surface area contributed by atoms with Crippen molar-refractivity contribution < 1.29 is 14.0 Å². The standard InChI is InChI=1S/C21H27N5O3.ClH/c1-24-13-4-2-5-14(24)11-15(10-13)26-9-8-25(12-18(26)27)21-23-19-16(20(22)28)6-3-7-17(19)29-21;/h3,6-7,13-15H,2,4-5,8-12H2,1H3,(H2,22,28);1H. The monoisotopic (exact) mass is 433 g/mol. The van der Waals surface area contributed by atoms with E-state index < -0.39 is 5.91 Å². The molecule has 3 aliphatic heterocycles. The summed E-state index contributed by atoms with van der Waals surface area (Å²) >= 11 is 0. The zero-order valence-corrected chi connectivity index (χ0v) is 17.9. The van der Waals surface area contributed by atoms with Crippen LogP contribution in [0.4, 0.5) is 6.01 Å². The smallest absolute Gasteiger partial charge is 0.298 e. The van der Waals surface area contributed by atoms with Gasteiger partial charge in [-0.2, -0.15) is 4.98 Å². The first kappa shape index (κ1) is 20.9. The third-order valence-corrected chi connectivity index (χ3v) is 6.96. The number of fused-ring (bicyclic) bond motifs is 3. The molecule has 1 aromatic heterocycles. The van der Waals surface area contributed by atoms with Crippen LogP contribution >= 0.6 is 12.4 Å². The van der Waals surface area contributed by atoms with Crippen LogP contribution in [-0.4, -0.2) is 71.4 Å². The van der Waals surface area contributed by atoms with Gasteiger partial charge in [0.1, 0.15) is 12.1 Å². The van der Waals surface area contributed by atoms with Crippen LogP contribution in [0, 0.1) is 0 Å². The number of aromatic nitrogens is 1. The molecule has 2 amide bonds. The van der Waals surface area contributed by atoms with Gasteiger partial charge < -0.3 is 24.9 Å². The number of piperazine rings is 1. The topological polar surface area (TPSA) is 95.9 Å². The number of amides is 2. The van der Waals surface area contributed by atoms with E-state index in [0.717, 1.165) is 12.8 Å². The largest absolute Gasteiger partial charge is 0.423 e. The number of anilines is 1. The van der Waals surface area contributed by atoms with Crippen molar-refractivity contribution in [3.63, 3.8) is 0 Å². The fourth-order valence-electron chi connectivity index (χ4n) is 5.35. The Labute approximate surface area is 181 Å². The van der Waals surface area contributed by atoms with Gasteiger partial charge in [0.05, 0.1) is 5.56 Å². The van der Waals surface area contributed by atoms with E-state index >= 15 is 0 Å². The molecule has 3 saturated heterocycles. The first-order chi connectivity index (χ1) is 14.0. The first-order valence-corrected chi connectivity index (χ1v) is 10.5. The molecule has 2 unspecified atom stereocenters. The quantitative estimate of drug-likeness (QED) is 0.795. The number of hydrogen-bond donors (Lipinski definition) is 1. The van der Waals surface area contributed by atoms with E-state index in [9.17, 15) is 9.59 Å². The van der Waals surface area contributed by atoms with Crippen LogP contribution in [0.15, 0.2) is 22.6 Å². The van der Waals surface area contributed by atoms with Crippen LogP contribution in [-0.2, 0) is 4.79 Å². The molecule has 1 aromatic carbocycles. The number of rotatable bonds is 3. The molecule has 162 valence electrons. The van der Waals surface area contributed by atoms with E-state index in [1.54, 1.807) is 18.2 Å². The summed E-state index contributed by atoms with van der Waals surface area (Å²) < 4.78 is 5.83. The predicted molar refractivity (Wildman–Crippen MR) is 116 cm³/mol. The van der Waals surface area contributed by atoms with Gasteiger partial charge in [-0.3, -0.25) is 9.59 Å². The summed E-state index contributed by atoms with van der Waals surface area (Å²) in [6.07, 6.45) is 5.93. The van der Waals surface area contributed by atoms with Crippen molar-refractivity contribution >= 4 is 41.3 Å². The minimum Gasteiger partial charge on any atom is -0.423 e. The number of carbonyl (C=O) groups is 2. The highest BCUT2D eigenvalue weighted by Crippen LogP contribution is 2.35. The second kappa shape index (κ2) is 8.07. The number of halogens is 1. The lowest BCUT2D eigenvalue weighted by Gasteiger charge is -2.50. The van der Waals surface area contributed by atoms with Crippen molar-refractivity contribution in [2.75, 3.05) is 31.6 Å². The summed E-state index contributed by atoms with van der Waals surface area (Å²) in [6, 6.07) is 7.02. The van der Waals surface area contributed by atoms with Crippen molar-refractivity contribution in [3.8, 4) is 0 Å². The number of nitrogens with two attached hydrogens (primary N) is 1. The third-order valence-electron chi connectivity index (χ3n) is 6.96. The summed E-state index contributed by atoms with van der Waals surface area (Å²) in [4.78, 5) is 35.6. The number of oxazole rings is 1. The average molecular weight is 434 g/mol. The van der Waals surface area contributed by atoms with Crippen molar-refractivity contribution in [2.24, 2.45) is 5.73 Å². The number of primary amides is 1. The second-order valence-electron chi connectivity index (χ2n) is 8.55. The lowest BCUT2D eigenvalue weighted by atomic mass is 9.81. The Morgan fingerprint density at radius 1 is 1.17 bits per heavy atom. The number of para-hydroxylation sites is 1. The van der Waals surface area contributed by atoms with Gasteiger partial charge in [-0.15, -0.1) is 12.4 Å². The Morgan fingerprint density at radius 3 is 2.57 bits per heavy atom. The van der Waals surface area contributed by atoms with Gasteiger partial charge in [-0.25, -0.2) is 0 Å². The van der Waals surface area contributed by atoms with Crippen LogP contribution in [0.25, 0.3) is 11.1 Å². The van der Waals surface area contributed by atoms with Gasteiger partial charge in [0, 0.05) is 31.2 Å². The number of piperidine rings is 2. The van der Waals surface area contributed by atoms with E-state index in [2.05, 4.69) is 21.8 Å². The number of carbonyl (C=O) groups excluding carboxylic acids is 2. The molecule has 2 atom stereocenters. The molecule has 3 aliphatic rings. The molecular formula is C21H28ClN5O3. The zero-order valence-electron chi connectivity index (χ0n) is 17.1. The van der Waals surface area contributed by atoms with Crippen molar-refractivity contribution in [3.05, 3.63) is 23.8 Å². The fraction of sp³-hybridized carbons (Fsp3) is 0.571. The van der Waals surface area contributed by atoms with Gasteiger partial charge in [0.25, 0.3) is 11.9 Å². The summed E-state index contributed by atoms with van der Waals surface area (Å²) in [5.41, 5.74) is 6.73. The average Bonchev–Trinajstić information content (AvgIpc) is 3.12. The van der Waals surface area contributed by atoms with E-state index in [0.29, 0.717) is 53.9 Å². The van der Waals surface area contributed by atoms with Crippen LogP contribution in [0.2, 0.25) is 0 Å². The van der Waals surface area contributed by atoms with E-state index in [-0.39, 0.29) is 24.9 Å². The maximum atomic E-state index is 13.0. The molecule has 2 bridgehead atoms. The number of hydrogen-bond acceptors (Lipinski definition) is 6. The van der Waals surface area contributed by atoms with Crippen molar-refractivity contribution in [2.45, 2.75) is 50.2 Å². The van der Waals surface area contributed by atoms with Crippen molar-refractivity contribution in [1.82, 2.24) is 14.8 Å². The van der Waals surface area contributed by atoms with Crippen LogP contribution in [0.1, 0.15) is 42.5 Å². The maximum Gasteiger partial charge on any atom is 0.298 e. The molecule has 2 N–H and O–H groups in total. The molecule has 0 spiro atoms. The predicted octanol–water partition coefficient (Wildman–Crippen LogP) is 2.01. The molecular weight excluding hydrogens is 406 g/mol. The first-order valence-electron chi connectivity index (χ1n) is 10.5. The Hall–Kier alpha value is -2.32. The zero-order chi connectivity index (χ0) is 20.1. The molecule has 0 radical (unpaired) electrons. The van der Waals surface area contributed by atoms with Gasteiger partial charge in [-0.1, -0.05) is 12.5 Å². The van der Waals surface area contributed by atoms with Gasteiger partial charge >= 0.3 is 0 Å². The van der Waals surface area contributed by atoms with Gasteiger partial charge in [0.2, 0.25) is 5.91 Å². The molecule has 5 rings (SSSR count). The summed E-state index contributed by atoms with van der Waals surface area (Å²) in [5.74, 6) is -0.412. The van der Waals surface area contributed by atoms with E-state index in [4.69, 9.17) is 10.2 Å². The second-order valence-corrected chi connectivity index (χ2v) is 8.55. The van der Waals surface area contributed by atoms with Crippen LogP contribution in [0.5, 0.6) is 0 Å². The minimum absolute atomic E-state index is 0. The Kier molecular flexibility index (Phi) is 5.63. The lowest BCUT2D eigenvalue weighted by molar-refractivity contribution is -0.136. The molecule has 0 aliphatic carbocycles. The molecule has 2 aromatic rings.